The summed E-state index contributed by atoms with van der Waals surface area (Å²) in [5, 5.41) is 0. The van der Waals surface area contributed by atoms with Gasteiger partial charge in [0, 0.05) is 6.04 Å². The van der Waals surface area contributed by atoms with E-state index in [1.54, 1.807) is 6.07 Å². The van der Waals surface area contributed by atoms with Gasteiger partial charge in [-0.1, -0.05) is 6.92 Å². The summed E-state index contributed by atoms with van der Waals surface area (Å²) in [6.45, 7) is 6.52. The molecule has 2 unspecified atom stereocenters. The maximum absolute atomic E-state index is 10.5. The van der Waals surface area contributed by atoms with Crippen LogP contribution in [0.15, 0.2) is 16.5 Å². The Balaban J connectivity index is 2.00. The number of rotatable bonds is 3. The van der Waals surface area contributed by atoms with Crippen molar-refractivity contribution in [3.63, 3.8) is 0 Å². The summed E-state index contributed by atoms with van der Waals surface area (Å²) in [5.74, 6) is 2.06. The fourth-order valence-electron chi connectivity index (χ4n) is 2.39. The highest BCUT2D eigenvalue weighted by molar-refractivity contribution is 5.70. The number of hydrogen-bond acceptors (Lipinski definition) is 3. The second-order valence-corrected chi connectivity index (χ2v) is 4.75. The van der Waals surface area contributed by atoms with E-state index in [9.17, 15) is 4.79 Å². The van der Waals surface area contributed by atoms with Gasteiger partial charge in [-0.15, -0.1) is 0 Å². The molecule has 1 aromatic rings. The summed E-state index contributed by atoms with van der Waals surface area (Å²) in [5.41, 5.74) is 0. The minimum Gasteiger partial charge on any atom is -0.457 e. The lowest BCUT2D eigenvalue weighted by Gasteiger charge is -2.37. The number of hydrogen-bond donors (Lipinski definition) is 0. The lowest BCUT2D eigenvalue weighted by molar-refractivity contribution is 0.0968. The monoisotopic (exact) mass is 221 g/mol. The molecule has 0 amide bonds. The van der Waals surface area contributed by atoms with Crippen LogP contribution in [0.3, 0.4) is 0 Å². The SMILES string of the molecule is CC1CCCN(Cc2ccc(C=O)o2)C1C. The van der Waals surface area contributed by atoms with Crippen LogP contribution in [0.4, 0.5) is 0 Å². The van der Waals surface area contributed by atoms with E-state index in [0.717, 1.165) is 31.1 Å². The topological polar surface area (TPSA) is 33.5 Å². The van der Waals surface area contributed by atoms with E-state index >= 15 is 0 Å². The Kier molecular flexibility index (Phi) is 3.44. The molecule has 0 saturated carbocycles. The van der Waals surface area contributed by atoms with Gasteiger partial charge in [-0.05, 0) is 44.4 Å². The standard InChI is InChI=1S/C13H19NO2/c1-10-4-3-7-14(11(10)2)8-12-5-6-13(9-15)16-12/h5-6,9-11H,3-4,7-8H2,1-2H3. The van der Waals surface area contributed by atoms with Gasteiger partial charge in [0.1, 0.15) is 5.76 Å². The van der Waals surface area contributed by atoms with Crippen molar-refractivity contribution >= 4 is 6.29 Å². The number of carbonyl (C=O) groups is 1. The van der Waals surface area contributed by atoms with Gasteiger partial charge < -0.3 is 4.42 Å². The molecule has 0 bridgehead atoms. The molecular weight excluding hydrogens is 202 g/mol. The second kappa shape index (κ2) is 4.83. The number of likely N-dealkylation sites (tertiary alicyclic amines) is 1. The normalized spacial score (nSPS) is 26.9. The first-order valence-electron chi connectivity index (χ1n) is 5.98. The molecule has 1 aliphatic rings. The lowest BCUT2D eigenvalue weighted by Crippen LogP contribution is -2.41. The number of piperidine rings is 1. The van der Waals surface area contributed by atoms with Crippen LogP contribution in [0.5, 0.6) is 0 Å². The van der Waals surface area contributed by atoms with E-state index in [1.165, 1.54) is 12.8 Å². The highest BCUT2D eigenvalue weighted by Crippen LogP contribution is 2.24. The van der Waals surface area contributed by atoms with Gasteiger partial charge in [0.25, 0.3) is 0 Å². The van der Waals surface area contributed by atoms with Crippen LogP contribution >= 0.6 is 0 Å². The molecule has 2 heterocycles. The van der Waals surface area contributed by atoms with Crippen molar-refractivity contribution in [1.29, 1.82) is 0 Å². The maximum atomic E-state index is 10.5. The minimum atomic E-state index is 0.424. The largest absolute Gasteiger partial charge is 0.457 e. The summed E-state index contributed by atoms with van der Waals surface area (Å²) in [6.07, 6.45) is 3.33. The smallest absolute Gasteiger partial charge is 0.185 e. The molecule has 88 valence electrons. The number of nitrogens with zero attached hydrogens (tertiary/aromatic N) is 1. The highest BCUT2D eigenvalue weighted by Gasteiger charge is 2.25. The molecule has 0 N–H and O–H groups in total. The average Bonchev–Trinajstić information content (AvgIpc) is 2.73. The van der Waals surface area contributed by atoms with Crippen molar-refractivity contribution in [2.45, 2.75) is 39.3 Å². The molecule has 1 aromatic heterocycles. The second-order valence-electron chi connectivity index (χ2n) is 4.75. The Hall–Kier alpha value is -1.09. The first-order valence-corrected chi connectivity index (χ1v) is 5.98. The van der Waals surface area contributed by atoms with Gasteiger partial charge in [0.2, 0.25) is 0 Å². The van der Waals surface area contributed by atoms with Crippen molar-refractivity contribution in [1.82, 2.24) is 4.90 Å². The Morgan fingerprint density at radius 1 is 1.50 bits per heavy atom. The molecule has 3 nitrogen and oxygen atoms in total. The first kappa shape index (κ1) is 11.4. The van der Waals surface area contributed by atoms with Gasteiger partial charge in [0.05, 0.1) is 6.54 Å². The summed E-state index contributed by atoms with van der Waals surface area (Å²) in [6, 6.07) is 4.23. The predicted octanol–water partition coefficient (Wildman–Crippen LogP) is 2.71. The zero-order valence-corrected chi connectivity index (χ0v) is 9.98. The van der Waals surface area contributed by atoms with E-state index in [-0.39, 0.29) is 0 Å². The van der Waals surface area contributed by atoms with Crippen LogP contribution in [0.1, 0.15) is 43.0 Å². The van der Waals surface area contributed by atoms with Crippen molar-refractivity contribution in [3.05, 3.63) is 23.7 Å². The first-order chi connectivity index (χ1) is 7.70. The Bertz CT molecular complexity index is 359. The molecular formula is C13H19NO2. The minimum absolute atomic E-state index is 0.424. The van der Waals surface area contributed by atoms with Crippen molar-refractivity contribution in [2.75, 3.05) is 6.54 Å². The number of furan rings is 1. The van der Waals surface area contributed by atoms with Crippen LogP contribution in [0, 0.1) is 5.92 Å². The Morgan fingerprint density at radius 3 is 3.00 bits per heavy atom. The van der Waals surface area contributed by atoms with Crippen LogP contribution < -0.4 is 0 Å². The van der Waals surface area contributed by atoms with E-state index in [2.05, 4.69) is 18.7 Å². The Morgan fingerprint density at radius 2 is 2.31 bits per heavy atom. The van der Waals surface area contributed by atoms with E-state index in [0.29, 0.717) is 11.8 Å². The summed E-state index contributed by atoms with van der Waals surface area (Å²) >= 11 is 0. The van der Waals surface area contributed by atoms with Crippen LogP contribution in [-0.2, 0) is 6.54 Å². The molecule has 0 aromatic carbocycles. The zero-order chi connectivity index (χ0) is 11.5. The fraction of sp³-hybridized carbons (Fsp3) is 0.615. The van der Waals surface area contributed by atoms with Gasteiger partial charge >= 0.3 is 0 Å². The molecule has 3 heteroatoms. The van der Waals surface area contributed by atoms with Gasteiger partial charge in [0.15, 0.2) is 12.0 Å². The van der Waals surface area contributed by atoms with E-state index in [4.69, 9.17) is 4.42 Å². The maximum Gasteiger partial charge on any atom is 0.185 e. The van der Waals surface area contributed by atoms with Crippen LogP contribution in [-0.4, -0.2) is 23.8 Å². The summed E-state index contributed by atoms with van der Waals surface area (Å²) < 4.78 is 5.41. The molecule has 2 atom stereocenters. The predicted molar refractivity (Wildman–Crippen MR) is 62.4 cm³/mol. The van der Waals surface area contributed by atoms with Gasteiger partial charge in [-0.25, -0.2) is 0 Å². The molecule has 1 saturated heterocycles. The van der Waals surface area contributed by atoms with Crippen molar-refractivity contribution < 1.29 is 9.21 Å². The van der Waals surface area contributed by atoms with Gasteiger partial charge in [-0.3, -0.25) is 9.69 Å². The van der Waals surface area contributed by atoms with Crippen molar-refractivity contribution in [2.24, 2.45) is 5.92 Å². The van der Waals surface area contributed by atoms with E-state index in [1.807, 2.05) is 6.07 Å². The number of carbonyl (C=O) groups excluding carboxylic acids is 1. The number of aldehydes is 1. The molecule has 1 fully saturated rings. The highest BCUT2D eigenvalue weighted by atomic mass is 16.3. The molecule has 0 radical (unpaired) electrons. The third kappa shape index (κ3) is 2.35. The van der Waals surface area contributed by atoms with Crippen LogP contribution in [0.2, 0.25) is 0 Å². The fourth-order valence-corrected chi connectivity index (χ4v) is 2.39. The third-order valence-electron chi connectivity index (χ3n) is 3.66. The molecule has 2 rings (SSSR count). The quantitative estimate of drug-likeness (QED) is 0.736. The molecule has 0 aliphatic carbocycles. The average molecular weight is 221 g/mol. The Labute approximate surface area is 96.4 Å². The summed E-state index contributed by atoms with van der Waals surface area (Å²) in [7, 11) is 0. The molecule has 0 spiro atoms. The third-order valence-corrected chi connectivity index (χ3v) is 3.66. The molecule has 16 heavy (non-hydrogen) atoms. The lowest BCUT2D eigenvalue weighted by atomic mass is 9.92. The van der Waals surface area contributed by atoms with Crippen molar-refractivity contribution in [3.8, 4) is 0 Å². The summed E-state index contributed by atoms with van der Waals surface area (Å²) in [4.78, 5) is 13.0. The molecule has 1 aliphatic heterocycles. The van der Waals surface area contributed by atoms with Gasteiger partial charge in [-0.2, -0.15) is 0 Å². The van der Waals surface area contributed by atoms with E-state index < -0.39 is 0 Å². The van der Waals surface area contributed by atoms with Crippen LogP contribution in [0.25, 0.3) is 0 Å². The zero-order valence-electron chi connectivity index (χ0n) is 9.98.